The highest BCUT2D eigenvalue weighted by atomic mass is 35.5. The van der Waals surface area contributed by atoms with E-state index in [9.17, 15) is 4.79 Å². The van der Waals surface area contributed by atoms with Crippen molar-refractivity contribution in [2.45, 2.75) is 45.4 Å². The molecule has 1 amide bonds. The second-order valence-corrected chi connectivity index (χ2v) is 6.14. The Hall–Kier alpha value is -1.06. The zero-order chi connectivity index (χ0) is 15.7. The summed E-state index contributed by atoms with van der Waals surface area (Å²) >= 11 is 5.90. The summed E-state index contributed by atoms with van der Waals surface area (Å²) in [6.07, 6.45) is 3.84. The van der Waals surface area contributed by atoms with E-state index >= 15 is 0 Å². The molecule has 0 aliphatic rings. The minimum atomic E-state index is -0.139. The van der Waals surface area contributed by atoms with E-state index in [2.05, 4.69) is 19.2 Å². The van der Waals surface area contributed by atoms with Crippen molar-refractivity contribution < 1.29 is 9.90 Å². The molecule has 1 atom stereocenters. The molecule has 1 aromatic rings. The molecule has 0 aliphatic carbocycles. The van der Waals surface area contributed by atoms with E-state index in [0.29, 0.717) is 11.6 Å². The molecule has 0 radical (unpaired) electrons. The minimum Gasteiger partial charge on any atom is -0.396 e. The van der Waals surface area contributed by atoms with Gasteiger partial charge in [0.25, 0.3) is 0 Å². The Bertz CT molecular complexity index is 417. The van der Waals surface area contributed by atoms with Gasteiger partial charge >= 0.3 is 0 Å². The van der Waals surface area contributed by atoms with E-state index in [4.69, 9.17) is 16.7 Å². The summed E-state index contributed by atoms with van der Waals surface area (Å²) in [5.74, 6) is 0.176. The molecule has 118 valence electrons. The van der Waals surface area contributed by atoms with Crippen molar-refractivity contribution in [3.8, 4) is 0 Å². The highest BCUT2D eigenvalue weighted by Crippen LogP contribution is 2.25. The Morgan fingerprint density at radius 3 is 2.33 bits per heavy atom. The molecular formula is C17H26ClNO2. The Kier molecular flexibility index (Phi) is 8.40. The number of hydrogen-bond acceptors (Lipinski definition) is 2. The molecule has 0 aromatic heterocycles. The van der Waals surface area contributed by atoms with Crippen molar-refractivity contribution in [2.24, 2.45) is 5.92 Å². The molecule has 1 aromatic carbocycles. The van der Waals surface area contributed by atoms with Gasteiger partial charge in [0.15, 0.2) is 0 Å². The van der Waals surface area contributed by atoms with Gasteiger partial charge in [0.1, 0.15) is 0 Å². The number of halogens is 1. The Morgan fingerprint density at radius 1 is 1.14 bits per heavy atom. The Labute approximate surface area is 132 Å². The highest BCUT2D eigenvalue weighted by Gasteiger charge is 2.23. The van der Waals surface area contributed by atoms with E-state index in [1.165, 1.54) is 0 Å². The monoisotopic (exact) mass is 311 g/mol. The zero-order valence-corrected chi connectivity index (χ0v) is 13.7. The van der Waals surface area contributed by atoms with Gasteiger partial charge in [0.05, 0.1) is 5.92 Å². The van der Waals surface area contributed by atoms with E-state index < -0.39 is 0 Å². The lowest BCUT2D eigenvalue weighted by molar-refractivity contribution is -0.123. The molecule has 0 heterocycles. The number of hydrogen-bond donors (Lipinski definition) is 2. The molecule has 0 fully saturated rings. The van der Waals surface area contributed by atoms with Crippen molar-refractivity contribution in [3.63, 3.8) is 0 Å². The number of amides is 1. The molecule has 0 aliphatic heterocycles. The summed E-state index contributed by atoms with van der Waals surface area (Å²) in [6, 6.07) is 7.50. The maximum absolute atomic E-state index is 12.4. The lowest BCUT2D eigenvalue weighted by Gasteiger charge is -2.21. The van der Waals surface area contributed by atoms with Crippen LogP contribution in [0.5, 0.6) is 0 Å². The van der Waals surface area contributed by atoms with Gasteiger partial charge in [-0.2, -0.15) is 0 Å². The van der Waals surface area contributed by atoms with Crippen LogP contribution in [0.3, 0.4) is 0 Å². The number of unbranched alkanes of at least 4 members (excludes halogenated alkanes) is 3. The van der Waals surface area contributed by atoms with Gasteiger partial charge in [0.2, 0.25) is 5.91 Å². The van der Waals surface area contributed by atoms with Crippen molar-refractivity contribution in [1.82, 2.24) is 5.32 Å². The first-order valence-corrected chi connectivity index (χ1v) is 8.08. The number of benzene rings is 1. The molecule has 4 heteroatoms. The summed E-state index contributed by atoms with van der Waals surface area (Å²) in [5, 5.41) is 12.4. The Morgan fingerprint density at radius 2 is 1.76 bits per heavy atom. The predicted molar refractivity (Wildman–Crippen MR) is 87.6 cm³/mol. The van der Waals surface area contributed by atoms with Crippen LogP contribution in [0.1, 0.15) is 51.0 Å². The number of rotatable bonds is 9. The number of nitrogens with one attached hydrogen (secondary N) is 1. The van der Waals surface area contributed by atoms with Crippen LogP contribution in [-0.4, -0.2) is 24.2 Å². The van der Waals surface area contributed by atoms with Crippen LogP contribution in [0.25, 0.3) is 0 Å². The summed E-state index contributed by atoms with van der Waals surface area (Å²) in [5.41, 5.74) is 1.01. The van der Waals surface area contributed by atoms with Crippen LogP contribution in [0.15, 0.2) is 24.3 Å². The first-order chi connectivity index (χ1) is 10.1. The third-order valence-corrected chi connectivity index (χ3v) is 3.81. The lowest BCUT2D eigenvalue weighted by atomic mass is 9.87. The summed E-state index contributed by atoms with van der Waals surface area (Å²) < 4.78 is 0. The minimum absolute atomic E-state index is 0.0782. The average Bonchev–Trinajstić information content (AvgIpc) is 2.44. The molecule has 1 rings (SSSR count). The fourth-order valence-corrected chi connectivity index (χ4v) is 2.55. The van der Waals surface area contributed by atoms with Gasteiger partial charge in [-0.05, 0) is 36.5 Å². The Balaban J connectivity index is 2.49. The molecule has 0 saturated heterocycles. The van der Waals surface area contributed by atoms with Crippen LogP contribution in [0, 0.1) is 5.92 Å². The molecule has 21 heavy (non-hydrogen) atoms. The number of carbonyl (C=O) groups excluding carboxylic acids is 1. The van der Waals surface area contributed by atoms with Gasteiger partial charge in [-0.3, -0.25) is 4.79 Å². The predicted octanol–water partition coefficient (Wildman–Crippen LogP) is 3.75. The summed E-state index contributed by atoms with van der Waals surface area (Å²) in [4.78, 5) is 12.4. The number of aliphatic hydroxyl groups excluding tert-OH is 1. The van der Waals surface area contributed by atoms with Gasteiger partial charge in [-0.15, -0.1) is 0 Å². The standard InChI is InChI=1S/C17H26ClNO2/c1-13(2)16(14-7-9-15(18)10-8-14)17(21)19-11-5-3-4-6-12-20/h7-10,13,16,20H,3-6,11-12H2,1-2H3,(H,19,21). The fraction of sp³-hybridized carbons (Fsp3) is 0.588. The third-order valence-electron chi connectivity index (χ3n) is 3.56. The smallest absolute Gasteiger partial charge is 0.227 e. The van der Waals surface area contributed by atoms with Gasteiger partial charge in [0, 0.05) is 18.2 Å². The first-order valence-electron chi connectivity index (χ1n) is 7.70. The zero-order valence-electron chi connectivity index (χ0n) is 12.9. The number of aliphatic hydroxyl groups is 1. The second kappa shape index (κ2) is 9.80. The fourth-order valence-electron chi connectivity index (χ4n) is 2.42. The summed E-state index contributed by atoms with van der Waals surface area (Å²) in [6.45, 7) is 5.06. The third kappa shape index (κ3) is 6.49. The maximum atomic E-state index is 12.4. The average molecular weight is 312 g/mol. The molecule has 0 spiro atoms. The highest BCUT2D eigenvalue weighted by molar-refractivity contribution is 6.30. The van der Waals surface area contributed by atoms with Crippen LogP contribution in [-0.2, 0) is 4.79 Å². The molecule has 3 nitrogen and oxygen atoms in total. The van der Waals surface area contributed by atoms with Gasteiger partial charge < -0.3 is 10.4 Å². The molecule has 2 N–H and O–H groups in total. The normalized spacial score (nSPS) is 12.4. The van der Waals surface area contributed by atoms with Crippen LogP contribution < -0.4 is 5.32 Å². The van der Waals surface area contributed by atoms with Gasteiger partial charge in [-0.25, -0.2) is 0 Å². The van der Waals surface area contributed by atoms with Crippen molar-refractivity contribution >= 4 is 17.5 Å². The molecular weight excluding hydrogens is 286 g/mol. The van der Waals surface area contributed by atoms with E-state index in [-0.39, 0.29) is 24.3 Å². The van der Waals surface area contributed by atoms with E-state index in [1.54, 1.807) is 0 Å². The van der Waals surface area contributed by atoms with E-state index in [1.807, 2.05) is 24.3 Å². The summed E-state index contributed by atoms with van der Waals surface area (Å²) in [7, 11) is 0. The molecule has 0 bridgehead atoms. The SMILES string of the molecule is CC(C)C(C(=O)NCCCCCCO)c1ccc(Cl)cc1. The van der Waals surface area contributed by atoms with Crippen molar-refractivity contribution in [3.05, 3.63) is 34.9 Å². The van der Waals surface area contributed by atoms with Crippen molar-refractivity contribution in [2.75, 3.05) is 13.2 Å². The van der Waals surface area contributed by atoms with Gasteiger partial charge in [-0.1, -0.05) is 50.4 Å². The second-order valence-electron chi connectivity index (χ2n) is 5.70. The lowest BCUT2D eigenvalue weighted by Crippen LogP contribution is -2.32. The quantitative estimate of drug-likeness (QED) is 0.682. The van der Waals surface area contributed by atoms with Crippen molar-refractivity contribution in [1.29, 1.82) is 0 Å². The van der Waals surface area contributed by atoms with Crippen LogP contribution in [0.4, 0.5) is 0 Å². The molecule has 1 unspecified atom stereocenters. The largest absolute Gasteiger partial charge is 0.396 e. The molecule has 0 saturated carbocycles. The van der Waals surface area contributed by atoms with Crippen LogP contribution in [0.2, 0.25) is 5.02 Å². The topological polar surface area (TPSA) is 49.3 Å². The van der Waals surface area contributed by atoms with Crippen LogP contribution >= 0.6 is 11.6 Å². The first kappa shape index (κ1) is 18.0. The van der Waals surface area contributed by atoms with E-state index in [0.717, 1.165) is 31.2 Å². The maximum Gasteiger partial charge on any atom is 0.227 e. The number of carbonyl (C=O) groups is 1.